The van der Waals surface area contributed by atoms with E-state index >= 15 is 0 Å². The third kappa shape index (κ3) is 5.41. The van der Waals surface area contributed by atoms with E-state index in [2.05, 4.69) is 11.4 Å². The summed E-state index contributed by atoms with van der Waals surface area (Å²) in [7, 11) is -3.82. The predicted molar refractivity (Wildman–Crippen MR) is 134 cm³/mol. The summed E-state index contributed by atoms with van der Waals surface area (Å²) in [5, 5.41) is 4.05. The van der Waals surface area contributed by atoms with E-state index in [1.54, 1.807) is 22.5 Å². The van der Waals surface area contributed by atoms with Crippen molar-refractivity contribution in [2.45, 2.75) is 63.5 Å². The minimum absolute atomic E-state index is 0.0686. The Kier molecular flexibility index (Phi) is 6.87. The molecule has 0 bridgehead atoms. The molecule has 0 atom stereocenters. The molecule has 2 fully saturated rings. The van der Waals surface area contributed by atoms with Gasteiger partial charge in [0.25, 0.3) is 0 Å². The first-order valence-electron chi connectivity index (χ1n) is 11.4. The van der Waals surface area contributed by atoms with Crippen molar-refractivity contribution in [3.05, 3.63) is 59.1 Å². The van der Waals surface area contributed by atoms with Crippen LogP contribution in [0.25, 0.3) is 0 Å². The molecule has 0 radical (unpaired) electrons. The van der Waals surface area contributed by atoms with E-state index in [-0.39, 0.29) is 23.0 Å². The van der Waals surface area contributed by atoms with Gasteiger partial charge < -0.3 is 14.6 Å². The Morgan fingerprint density at radius 3 is 2.30 bits per heavy atom. The summed E-state index contributed by atoms with van der Waals surface area (Å²) in [6.07, 6.45) is 1.48. The van der Waals surface area contributed by atoms with Crippen molar-refractivity contribution in [3.8, 4) is 0 Å². The molecule has 2 heterocycles. The molecule has 0 saturated carbocycles. The molecule has 0 spiro atoms. The van der Waals surface area contributed by atoms with Crippen LogP contribution in [0.15, 0.2) is 48.5 Å². The molecule has 33 heavy (non-hydrogen) atoms. The lowest BCUT2D eigenvalue weighted by molar-refractivity contribution is 0.00578. The molecule has 4 rings (SSSR count). The Balaban J connectivity index is 1.35. The summed E-state index contributed by atoms with van der Waals surface area (Å²) in [5.41, 5.74) is 1.82. The lowest BCUT2D eigenvalue weighted by Crippen LogP contribution is -2.43. The van der Waals surface area contributed by atoms with Gasteiger partial charge in [-0.2, -0.15) is 0 Å². The molecule has 0 aromatic heterocycles. The van der Waals surface area contributed by atoms with Crippen molar-refractivity contribution in [1.82, 2.24) is 4.31 Å². The van der Waals surface area contributed by atoms with Crippen LogP contribution in [0.3, 0.4) is 0 Å². The highest BCUT2D eigenvalue weighted by atomic mass is 35.5. The van der Waals surface area contributed by atoms with Crippen LogP contribution in [0.5, 0.6) is 0 Å². The molecule has 2 aliphatic heterocycles. The Morgan fingerprint density at radius 2 is 1.67 bits per heavy atom. The van der Waals surface area contributed by atoms with Crippen molar-refractivity contribution in [2.75, 3.05) is 18.4 Å². The SMILES string of the molecule is CC1(C)OB(c2cccc(NC3CCN(S(=O)(=O)Cc4ccccc4Cl)CC3)c2)OC1(C)C. The van der Waals surface area contributed by atoms with Gasteiger partial charge in [-0.3, -0.25) is 0 Å². The van der Waals surface area contributed by atoms with E-state index in [0.29, 0.717) is 23.7 Å². The zero-order valence-electron chi connectivity index (χ0n) is 19.7. The third-order valence-corrected chi connectivity index (χ3v) is 9.12. The summed E-state index contributed by atoms with van der Waals surface area (Å²) in [4.78, 5) is 0. The summed E-state index contributed by atoms with van der Waals surface area (Å²) in [5.74, 6) is -0.0686. The van der Waals surface area contributed by atoms with Crippen molar-refractivity contribution in [3.63, 3.8) is 0 Å². The van der Waals surface area contributed by atoms with Crippen molar-refractivity contribution < 1.29 is 17.7 Å². The highest BCUT2D eigenvalue weighted by Gasteiger charge is 2.51. The van der Waals surface area contributed by atoms with Gasteiger partial charge in [0.15, 0.2) is 0 Å². The zero-order chi connectivity index (χ0) is 23.9. The van der Waals surface area contributed by atoms with Gasteiger partial charge in [-0.25, -0.2) is 12.7 Å². The van der Waals surface area contributed by atoms with E-state index in [9.17, 15) is 8.42 Å². The molecule has 0 unspecified atom stereocenters. The summed E-state index contributed by atoms with van der Waals surface area (Å²) >= 11 is 6.16. The van der Waals surface area contributed by atoms with Crippen LogP contribution in [0, 0.1) is 0 Å². The van der Waals surface area contributed by atoms with Gasteiger partial charge in [0.1, 0.15) is 0 Å². The second-order valence-electron chi connectivity index (χ2n) is 9.88. The number of rotatable bonds is 6. The summed E-state index contributed by atoms with van der Waals surface area (Å²) < 4.78 is 39.7. The van der Waals surface area contributed by atoms with E-state index < -0.39 is 17.1 Å². The summed E-state index contributed by atoms with van der Waals surface area (Å²) in [6, 6.07) is 15.4. The molecule has 2 aromatic rings. The molecule has 6 nitrogen and oxygen atoms in total. The monoisotopic (exact) mass is 490 g/mol. The second-order valence-corrected chi connectivity index (χ2v) is 12.3. The molecule has 0 amide bonds. The lowest BCUT2D eigenvalue weighted by Gasteiger charge is -2.32. The number of piperidine rings is 1. The average molecular weight is 491 g/mol. The molecule has 0 aliphatic carbocycles. The minimum Gasteiger partial charge on any atom is -0.399 e. The van der Waals surface area contributed by atoms with E-state index in [1.807, 2.05) is 52.0 Å². The topological polar surface area (TPSA) is 67.9 Å². The van der Waals surface area contributed by atoms with E-state index in [4.69, 9.17) is 20.9 Å². The van der Waals surface area contributed by atoms with Crippen LogP contribution in [0.1, 0.15) is 46.1 Å². The summed E-state index contributed by atoms with van der Waals surface area (Å²) in [6.45, 7) is 9.15. The Labute approximate surface area is 202 Å². The maximum absolute atomic E-state index is 12.9. The molecular weight excluding hydrogens is 459 g/mol. The smallest absolute Gasteiger partial charge is 0.399 e. The molecule has 2 aliphatic rings. The number of nitrogens with one attached hydrogen (secondary N) is 1. The van der Waals surface area contributed by atoms with Crippen molar-refractivity contribution in [1.29, 1.82) is 0 Å². The Morgan fingerprint density at radius 1 is 1.03 bits per heavy atom. The number of anilines is 1. The first-order chi connectivity index (χ1) is 15.5. The maximum Gasteiger partial charge on any atom is 0.494 e. The van der Waals surface area contributed by atoms with Crippen LogP contribution in [0.2, 0.25) is 5.02 Å². The van der Waals surface area contributed by atoms with E-state index in [0.717, 1.165) is 24.0 Å². The van der Waals surface area contributed by atoms with Gasteiger partial charge in [-0.05, 0) is 69.8 Å². The van der Waals surface area contributed by atoms with Gasteiger partial charge in [0, 0.05) is 29.8 Å². The van der Waals surface area contributed by atoms with Gasteiger partial charge in [-0.15, -0.1) is 0 Å². The Bertz CT molecular complexity index is 1090. The average Bonchev–Trinajstić information content (AvgIpc) is 2.97. The number of benzene rings is 2. The number of nitrogens with zero attached hydrogens (tertiary/aromatic N) is 1. The predicted octanol–water partition coefficient (Wildman–Crippen LogP) is 4.05. The standard InChI is InChI=1S/C24H32BClN2O4S/c1-23(2)24(3,4)32-25(31-23)19-9-7-10-21(16-19)27-20-12-14-28(15-13-20)33(29,30)17-18-8-5-6-11-22(18)26/h5-11,16,20,27H,12-15,17H2,1-4H3. The van der Waals surface area contributed by atoms with Gasteiger partial charge in [0.2, 0.25) is 10.0 Å². The number of hydrogen-bond acceptors (Lipinski definition) is 5. The fourth-order valence-corrected chi connectivity index (χ4v) is 6.05. The van der Waals surface area contributed by atoms with Crippen molar-refractivity contribution >= 4 is 39.9 Å². The van der Waals surface area contributed by atoms with Crippen molar-refractivity contribution in [2.24, 2.45) is 0 Å². The van der Waals surface area contributed by atoms with Crippen LogP contribution in [-0.2, 0) is 25.1 Å². The highest BCUT2D eigenvalue weighted by Crippen LogP contribution is 2.36. The zero-order valence-corrected chi connectivity index (χ0v) is 21.2. The third-order valence-electron chi connectivity index (χ3n) is 6.93. The molecular formula is C24H32BClN2O4S. The van der Waals surface area contributed by atoms with Crippen LogP contribution >= 0.6 is 11.6 Å². The highest BCUT2D eigenvalue weighted by molar-refractivity contribution is 7.88. The fraction of sp³-hybridized carbons (Fsp3) is 0.500. The first kappa shape index (κ1) is 24.5. The van der Waals surface area contributed by atoms with Gasteiger partial charge in [-0.1, -0.05) is 41.9 Å². The van der Waals surface area contributed by atoms with Gasteiger partial charge >= 0.3 is 7.12 Å². The normalized spacial score (nSPS) is 21.3. The Hall–Kier alpha value is -1.58. The molecule has 9 heteroatoms. The maximum atomic E-state index is 12.9. The second kappa shape index (κ2) is 9.23. The fourth-order valence-electron chi connectivity index (χ4n) is 4.17. The number of halogens is 1. The lowest BCUT2D eigenvalue weighted by atomic mass is 9.79. The molecule has 2 saturated heterocycles. The largest absolute Gasteiger partial charge is 0.494 e. The van der Waals surface area contributed by atoms with E-state index in [1.165, 1.54) is 0 Å². The van der Waals surface area contributed by atoms with Crippen LogP contribution in [0.4, 0.5) is 5.69 Å². The molecule has 2 aromatic carbocycles. The van der Waals surface area contributed by atoms with Crippen LogP contribution < -0.4 is 10.8 Å². The first-order valence-corrected chi connectivity index (χ1v) is 13.4. The quantitative estimate of drug-likeness (QED) is 0.619. The number of sulfonamides is 1. The molecule has 1 N–H and O–H groups in total. The van der Waals surface area contributed by atoms with Crippen LogP contribution in [-0.4, -0.2) is 50.2 Å². The van der Waals surface area contributed by atoms with Gasteiger partial charge in [0.05, 0.1) is 17.0 Å². The minimum atomic E-state index is -3.41. The molecule has 178 valence electrons. The number of hydrogen-bond donors (Lipinski definition) is 1.